The molecule has 0 unspecified atom stereocenters. The first kappa shape index (κ1) is 14.2. The van der Waals surface area contributed by atoms with E-state index in [1.54, 1.807) is 4.90 Å². The number of aliphatic hydroxyl groups excluding tert-OH is 1. The zero-order valence-electron chi connectivity index (χ0n) is 10.2. The number of nitrogens with two attached hydrogens (primary N) is 1. The maximum atomic E-state index is 13.6. The van der Waals surface area contributed by atoms with Crippen LogP contribution in [0.5, 0.6) is 0 Å². The number of rotatable bonds is 6. The number of carboxylic acid groups (broad SMARTS) is 1. The van der Waals surface area contributed by atoms with Crippen LogP contribution in [0.25, 0.3) is 0 Å². The molecule has 0 fully saturated rings. The number of aromatic carboxylic acids is 1. The van der Waals surface area contributed by atoms with Crippen molar-refractivity contribution in [3.63, 3.8) is 0 Å². The van der Waals surface area contributed by atoms with E-state index in [4.69, 9.17) is 15.9 Å². The molecular formula is C12H17FN2O3. The van der Waals surface area contributed by atoms with E-state index in [1.165, 1.54) is 0 Å². The quantitative estimate of drug-likeness (QED) is 0.668. The van der Waals surface area contributed by atoms with Crippen molar-refractivity contribution in [3.05, 3.63) is 23.5 Å². The predicted octanol–water partition coefficient (Wildman–Crippen LogP) is 1.31. The summed E-state index contributed by atoms with van der Waals surface area (Å²) in [4.78, 5) is 12.5. The molecule has 0 aromatic heterocycles. The average Bonchev–Trinajstić information content (AvgIpc) is 2.33. The van der Waals surface area contributed by atoms with Crippen LogP contribution in [0.4, 0.5) is 15.8 Å². The second-order valence-corrected chi connectivity index (χ2v) is 3.85. The maximum absolute atomic E-state index is 13.6. The number of benzene rings is 1. The fourth-order valence-electron chi connectivity index (χ4n) is 1.73. The molecule has 0 saturated heterocycles. The van der Waals surface area contributed by atoms with Gasteiger partial charge in [0.15, 0.2) is 0 Å². The molecule has 0 aliphatic heterocycles. The Bertz CT molecular complexity index is 438. The minimum absolute atomic E-state index is 0.0338. The van der Waals surface area contributed by atoms with Gasteiger partial charge in [0, 0.05) is 25.8 Å². The van der Waals surface area contributed by atoms with Crippen LogP contribution in [-0.4, -0.2) is 35.9 Å². The first-order valence-electron chi connectivity index (χ1n) is 5.69. The standard InChI is InChI=1S/C12H17FN2O3/c1-2-15(4-3-5-16)11-7-9(13)8(12(17)18)6-10(11)14/h6-7,16H,2-5,14H2,1H3,(H,17,18). The zero-order chi connectivity index (χ0) is 13.7. The van der Waals surface area contributed by atoms with E-state index >= 15 is 0 Å². The summed E-state index contributed by atoms with van der Waals surface area (Å²) in [6.45, 7) is 3.03. The number of halogens is 1. The number of carbonyl (C=O) groups is 1. The molecule has 0 amide bonds. The van der Waals surface area contributed by atoms with Crippen molar-refractivity contribution in [2.45, 2.75) is 13.3 Å². The van der Waals surface area contributed by atoms with Crippen molar-refractivity contribution in [1.29, 1.82) is 0 Å². The lowest BCUT2D eigenvalue weighted by Crippen LogP contribution is -2.26. The summed E-state index contributed by atoms with van der Waals surface area (Å²) in [7, 11) is 0. The molecule has 6 heteroatoms. The van der Waals surface area contributed by atoms with Gasteiger partial charge in [-0.05, 0) is 19.4 Å². The number of nitrogen functional groups attached to an aromatic ring is 1. The summed E-state index contributed by atoms with van der Waals surface area (Å²) in [5.74, 6) is -2.15. The number of carboxylic acids is 1. The van der Waals surface area contributed by atoms with Gasteiger partial charge in [0.25, 0.3) is 0 Å². The zero-order valence-corrected chi connectivity index (χ0v) is 10.2. The van der Waals surface area contributed by atoms with Crippen LogP contribution in [0, 0.1) is 5.82 Å². The van der Waals surface area contributed by atoms with Crippen LogP contribution in [0.2, 0.25) is 0 Å². The Hall–Kier alpha value is -1.82. The molecule has 1 rings (SSSR count). The molecule has 18 heavy (non-hydrogen) atoms. The monoisotopic (exact) mass is 256 g/mol. The van der Waals surface area contributed by atoms with Gasteiger partial charge in [-0.3, -0.25) is 0 Å². The Morgan fingerprint density at radius 1 is 1.50 bits per heavy atom. The van der Waals surface area contributed by atoms with Crippen LogP contribution < -0.4 is 10.6 Å². The van der Waals surface area contributed by atoms with Gasteiger partial charge in [-0.2, -0.15) is 0 Å². The molecule has 0 aliphatic rings. The molecule has 0 bridgehead atoms. The van der Waals surface area contributed by atoms with Crippen LogP contribution in [0.15, 0.2) is 12.1 Å². The molecular weight excluding hydrogens is 239 g/mol. The van der Waals surface area contributed by atoms with E-state index in [-0.39, 0.29) is 12.3 Å². The average molecular weight is 256 g/mol. The maximum Gasteiger partial charge on any atom is 0.338 e. The van der Waals surface area contributed by atoms with Crippen molar-refractivity contribution < 1.29 is 19.4 Å². The van der Waals surface area contributed by atoms with E-state index < -0.39 is 17.3 Å². The molecule has 1 aromatic carbocycles. The molecule has 0 heterocycles. The summed E-state index contributed by atoms with van der Waals surface area (Å²) in [5.41, 5.74) is 5.97. The van der Waals surface area contributed by atoms with E-state index in [9.17, 15) is 9.18 Å². The number of anilines is 2. The second kappa shape index (κ2) is 6.20. The summed E-state index contributed by atoms with van der Waals surface area (Å²) in [6, 6.07) is 2.24. The Labute approximate surface area is 105 Å². The van der Waals surface area contributed by atoms with E-state index in [2.05, 4.69) is 0 Å². The van der Waals surface area contributed by atoms with E-state index in [0.717, 1.165) is 12.1 Å². The summed E-state index contributed by atoms with van der Waals surface area (Å²) >= 11 is 0. The van der Waals surface area contributed by atoms with Gasteiger partial charge in [0.05, 0.1) is 16.9 Å². The number of hydrogen-bond acceptors (Lipinski definition) is 4. The smallest absolute Gasteiger partial charge is 0.338 e. The van der Waals surface area contributed by atoms with E-state index in [1.807, 2.05) is 6.92 Å². The Kier molecular flexibility index (Phi) is 4.91. The van der Waals surface area contributed by atoms with Gasteiger partial charge in [-0.1, -0.05) is 0 Å². The highest BCUT2D eigenvalue weighted by molar-refractivity contribution is 5.90. The lowest BCUT2D eigenvalue weighted by atomic mass is 10.1. The normalized spacial score (nSPS) is 10.4. The van der Waals surface area contributed by atoms with Crippen molar-refractivity contribution in [1.82, 2.24) is 0 Å². The molecule has 4 N–H and O–H groups in total. The molecule has 0 atom stereocenters. The Morgan fingerprint density at radius 3 is 2.67 bits per heavy atom. The van der Waals surface area contributed by atoms with E-state index in [0.29, 0.717) is 25.2 Å². The van der Waals surface area contributed by atoms with Crippen molar-refractivity contribution in [2.24, 2.45) is 0 Å². The molecule has 5 nitrogen and oxygen atoms in total. The van der Waals surface area contributed by atoms with Gasteiger partial charge in [0.1, 0.15) is 5.82 Å². The topological polar surface area (TPSA) is 86.8 Å². The Morgan fingerprint density at radius 2 is 2.17 bits per heavy atom. The minimum Gasteiger partial charge on any atom is -0.478 e. The summed E-state index contributed by atoms with van der Waals surface area (Å²) in [6.07, 6.45) is 0.537. The fourth-order valence-corrected chi connectivity index (χ4v) is 1.73. The highest BCUT2D eigenvalue weighted by Gasteiger charge is 2.16. The summed E-state index contributed by atoms with van der Waals surface area (Å²) < 4.78 is 13.6. The van der Waals surface area contributed by atoms with Gasteiger partial charge in [0.2, 0.25) is 0 Å². The van der Waals surface area contributed by atoms with Crippen LogP contribution in [0.1, 0.15) is 23.7 Å². The second-order valence-electron chi connectivity index (χ2n) is 3.85. The third kappa shape index (κ3) is 3.10. The van der Waals surface area contributed by atoms with Crippen molar-refractivity contribution in [2.75, 3.05) is 30.3 Å². The lowest BCUT2D eigenvalue weighted by molar-refractivity contribution is 0.0692. The van der Waals surface area contributed by atoms with Crippen LogP contribution >= 0.6 is 0 Å². The number of hydrogen-bond donors (Lipinski definition) is 3. The van der Waals surface area contributed by atoms with Crippen molar-refractivity contribution in [3.8, 4) is 0 Å². The Balaban J connectivity index is 3.08. The minimum atomic E-state index is -1.34. The highest BCUT2D eigenvalue weighted by atomic mass is 19.1. The largest absolute Gasteiger partial charge is 0.478 e. The predicted molar refractivity (Wildman–Crippen MR) is 67.4 cm³/mol. The van der Waals surface area contributed by atoms with Crippen molar-refractivity contribution >= 4 is 17.3 Å². The highest BCUT2D eigenvalue weighted by Crippen LogP contribution is 2.27. The van der Waals surface area contributed by atoms with Gasteiger partial charge < -0.3 is 20.8 Å². The van der Waals surface area contributed by atoms with Gasteiger partial charge >= 0.3 is 5.97 Å². The molecule has 0 radical (unpaired) electrons. The fraction of sp³-hybridized carbons (Fsp3) is 0.417. The number of nitrogens with zero attached hydrogens (tertiary/aromatic N) is 1. The third-order valence-electron chi connectivity index (χ3n) is 2.66. The summed E-state index contributed by atoms with van der Waals surface area (Å²) in [5, 5.41) is 17.6. The van der Waals surface area contributed by atoms with Crippen LogP contribution in [-0.2, 0) is 0 Å². The first-order chi connectivity index (χ1) is 8.51. The molecule has 0 aliphatic carbocycles. The molecule has 0 spiro atoms. The molecule has 100 valence electrons. The lowest BCUT2D eigenvalue weighted by Gasteiger charge is -2.24. The first-order valence-corrected chi connectivity index (χ1v) is 5.69. The van der Waals surface area contributed by atoms with Gasteiger partial charge in [-0.15, -0.1) is 0 Å². The van der Waals surface area contributed by atoms with Gasteiger partial charge in [-0.25, -0.2) is 9.18 Å². The SMILES string of the molecule is CCN(CCCO)c1cc(F)c(C(=O)O)cc1N. The number of aliphatic hydroxyl groups is 1. The van der Waals surface area contributed by atoms with Crippen LogP contribution in [0.3, 0.4) is 0 Å². The molecule has 0 saturated carbocycles. The molecule has 1 aromatic rings. The third-order valence-corrected chi connectivity index (χ3v) is 2.66.